The lowest BCUT2D eigenvalue weighted by molar-refractivity contribution is -0.127. The van der Waals surface area contributed by atoms with Crippen LogP contribution in [0.4, 0.5) is 5.69 Å². The molecule has 0 saturated heterocycles. The molecule has 122 valence electrons. The standard InChI is InChI=1S/C17H20N2O3S/c1-14-9-11-16(12-10-14)23(21,22)19(13-17(20)18(2)3)15-7-5-4-6-8-15/h4-12H,13H2,1-3H3. The van der Waals surface area contributed by atoms with Crippen LogP contribution in [0.25, 0.3) is 0 Å². The van der Waals surface area contributed by atoms with Gasteiger partial charge in [-0.15, -0.1) is 0 Å². The lowest BCUT2D eigenvalue weighted by Crippen LogP contribution is -2.40. The van der Waals surface area contributed by atoms with E-state index in [1.165, 1.54) is 4.90 Å². The van der Waals surface area contributed by atoms with Crippen molar-refractivity contribution in [2.45, 2.75) is 11.8 Å². The molecule has 0 N–H and O–H groups in total. The average Bonchev–Trinajstić information content (AvgIpc) is 2.53. The van der Waals surface area contributed by atoms with Crippen LogP contribution in [0.3, 0.4) is 0 Å². The van der Waals surface area contributed by atoms with Crippen LogP contribution >= 0.6 is 0 Å². The number of anilines is 1. The van der Waals surface area contributed by atoms with Crippen LogP contribution in [0.15, 0.2) is 59.5 Å². The van der Waals surface area contributed by atoms with Crippen molar-refractivity contribution in [2.75, 3.05) is 24.9 Å². The summed E-state index contributed by atoms with van der Waals surface area (Å²) in [5.41, 5.74) is 1.43. The molecule has 2 aromatic rings. The molecule has 0 radical (unpaired) electrons. The number of hydrogen-bond acceptors (Lipinski definition) is 3. The molecule has 2 rings (SSSR count). The van der Waals surface area contributed by atoms with Gasteiger partial charge < -0.3 is 4.90 Å². The van der Waals surface area contributed by atoms with Crippen LogP contribution in [0.1, 0.15) is 5.56 Å². The number of amides is 1. The van der Waals surface area contributed by atoms with Crippen molar-refractivity contribution in [3.8, 4) is 0 Å². The van der Waals surface area contributed by atoms with Crippen molar-refractivity contribution in [2.24, 2.45) is 0 Å². The van der Waals surface area contributed by atoms with Gasteiger partial charge in [-0.1, -0.05) is 35.9 Å². The number of likely N-dealkylation sites (N-methyl/N-ethyl adjacent to an activating group) is 1. The number of carbonyl (C=O) groups is 1. The maximum absolute atomic E-state index is 13.0. The lowest BCUT2D eigenvalue weighted by Gasteiger charge is -2.25. The molecule has 0 aliphatic heterocycles. The zero-order chi connectivity index (χ0) is 17.0. The monoisotopic (exact) mass is 332 g/mol. The molecule has 0 unspecified atom stereocenters. The fourth-order valence-corrected chi connectivity index (χ4v) is 3.43. The van der Waals surface area contributed by atoms with E-state index in [9.17, 15) is 13.2 Å². The van der Waals surface area contributed by atoms with Crippen LogP contribution in [0.2, 0.25) is 0 Å². The van der Waals surface area contributed by atoms with E-state index in [4.69, 9.17) is 0 Å². The van der Waals surface area contributed by atoms with Gasteiger partial charge in [-0.3, -0.25) is 9.10 Å². The highest BCUT2D eigenvalue weighted by Gasteiger charge is 2.27. The summed E-state index contributed by atoms with van der Waals surface area (Å²) in [6, 6.07) is 15.2. The maximum atomic E-state index is 13.0. The van der Waals surface area contributed by atoms with Gasteiger partial charge in [0.2, 0.25) is 5.91 Å². The maximum Gasteiger partial charge on any atom is 0.264 e. The van der Waals surface area contributed by atoms with Crippen molar-refractivity contribution < 1.29 is 13.2 Å². The molecule has 0 aliphatic carbocycles. The Hall–Kier alpha value is -2.34. The summed E-state index contributed by atoms with van der Waals surface area (Å²) in [6.07, 6.45) is 0. The van der Waals surface area contributed by atoms with E-state index < -0.39 is 10.0 Å². The molecule has 0 heterocycles. The fourth-order valence-electron chi connectivity index (χ4n) is 2.01. The highest BCUT2D eigenvalue weighted by molar-refractivity contribution is 7.92. The minimum Gasteiger partial charge on any atom is -0.347 e. The molecule has 2 aromatic carbocycles. The fraction of sp³-hybridized carbons (Fsp3) is 0.235. The first kappa shape index (κ1) is 17.0. The first-order valence-electron chi connectivity index (χ1n) is 7.17. The number of hydrogen-bond donors (Lipinski definition) is 0. The number of rotatable bonds is 5. The van der Waals surface area contributed by atoms with E-state index in [1.54, 1.807) is 68.7 Å². The van der Waals surface area contributed by atoms with E-state index in [0.717, 1.165) is 9.87 Å². The van der Waals surface area contributed by atoms with Crippen molar-refractivity contribution in [1.82, 2.24) is 4.90 Å². The third-order valence-corrected chi connectivity index (χ3v) is 5.22. The summed E-state index contributed by atoms with van der Waals surface area (Å²) in [7, 11) is -0.611. The summed E-state index contributed by atoms with van der Waals surface area (Å²) in [4.78, 5) is 13.6. The number of benzene rings is 2. The zero-order valence-electron chi connectivity index (χ0n) is 13.4. The van der Waals surface area contributed by atoms with Gasteiger partial charge in [0, 0.05) is 14.1 Å². The first-order chi connectivity index (χ1) is 10.8. The highest BCUT2D eigenvalue weighted by Crippen LogP contribution is 2.23. The molecule has 0 spiro atoms. The van der Waals surface area contributed by atoms with Crippen LogP contribution in [-0.2, 0) is 14.8 Å². The number of para-hydroxylation sites is 1. The second-order valence-electron chi connectivity index (χ2n) is 5.45. The normalized spacial score (nSPS) is 11.1. The van der Waals surface area contributed by atoms with Gasteiger partial charge in [0.1, 0.15) is 6.54 Å². The van der Waals surface area contributed by atoms with Gasteiger partial charge in [0.25, 0.3) is 10.0 Å². The summed E-state index contributed by atoms with van der Waals surface area (Å²) >= 11 is 0. The van der Waals surface area contributed by atoms with Crippen molar-refractivity contribution in [1.29, 1.82) is 0 Å². The van der Waals surface area contributed by atoms with E-state index in [-0.39, 0.29) is 17.3 Å². The molecule has 23 heavy (non-hydrogen) atoms. The summed E-state index contributed by atoms with van der Waals surface area (Å²) in [5.74, 6) is -0.287. The van der Waals surface area contributed by atoms with E-state index in [2.05, 4.69) is 0 Å². The Labute approximate surface area is 137 Å². The van der Waals surface area contributed by atoms with E-state index in [1.807, 2.05) is 6.92 Å². The summed E-state index contributed by atoms with van der Waals surface area (Å²) < 4.78 is 27.1. The first-order valence-corrected chi connectivity index (χ1v) is 8.61. The van der Waals surface area contributed by atoms with Crippen molar-refractivity contribution in [3.05, 3.63) is 60.2 Å². The molecule has 0 bridgehead atoms. The number of aryl methyl sites for hydroxylation is 1. The molecule has 6 heteroatoms. The molecule has 0 fully saturated rings. The van der Waals surface area contributed by atoms with Gasteiger partial charge in [-0.25, -0.2) is 8.42 Å². The molecule has 5 nitrogen and oxygen atoms in total. The Morgan fingerprint density at radius 1 is 0.957 bits per heavy atom. The number of nitrogens with zero attached hydrogens (tertiary/aromatic N) is 2. The molecule has 0 saturated carbocycles. The zero-order valence-corrected chi connectivity index (χ0v) is 14.2. The molecular formula is C17H20N2O3S. The van der Waals surface area contributed by atoms with E-state index in [0.29, 0.717) is 5.69 Å². The van der Waals surface area contributed by atoms with Gasteiger partial charge in [-0.2, -0.15) is 0 Å². The lowest BCUT2D eigenvalue weighted by atomic mass is 10.2. The average molecular weight is 332 g/mol. The molecule has 0 aliphatic rings. The van der Waals surface area contributed by atoms with E-state index >= 15 is 0 Å². The smallest absolute Gasteiger partial charge is 0.264 e. The molecule has 1 amide bonds. The molecule has 0 aromatic heterocycles. The Bertz CT molecular complexity index is 769. The van der Waals surface area contributed by atoms with Crippen molar-refractivity contribution in [3.63, 3.8) is 0 Å². The third-order valence-electron chi connectivity index (χ3n) is 3.43. The van der Waals surface area contributed by atoms with Crippen LogP contribution in [-0.4, -0.2) is 39.9 Å². The summed E-state index contributed by atoms with van der Waals surface area (Å²) in [5, 5.41) is 0. The SMILES string of the molecule is Cc1ccc(S(=O)(=O)N(CC(=O)N(C)C)c2ccccc2)cc1. The van der Waals surface area contributed by atoms with Crippen molar-refractivity contribution >= 4 is 21.6 Å². The second-order valence-corrected chi connectivity index (χ2v) is 7.31. The predicted molar refractivity (Wildman–Crippen MR) is 90.8 cm³/mol. The highest BCUT2D eigenvalue weighted by atomic mass is 32.2. The Morgan fingerprint density at radius 3 is 2.04 bits per heavy atom. The second kappa shape index (κ2) is 6.83. The topological polar surface area (TPSA) is 57.7 Å². The minimum absolute atomic E-state index is 0.165. The Kier molecular flexibility index (Phi) is 5.05. The van der Waals surface area contributed by atoms with Gasteiger partial charge >= 0.3 is 0 Å². The molecular weight excluding hydrogens is 312 g/mol. The quantitative estimate of drug-likeness (QED) is 0.844. The van der Waals surface area contributed by atoms with Crippen LogP contribution < -0.4 is 4.31 Å². The van der Waals surface area contributed by atoms with Gasteiger partial charge in [0.05, 0.1) is 10.6 Å². The Morgan fingerprint density at radius 2 is 1.52 bits per heavy atom. The molecule has 0 atom stereocenters. The number of carbonyl (C=O) groups excluding carboxylic acids is 1. The number of sulfonamides is 1. The van der Waals surface area contributed by atoms with Crippen LogP contribution in [0.5, 0.6) is 0 Å². The largest absolute Gasteiger partial charge is 0.347 e. The predicted octanol–water partition coefficient (Wildman–Crippen LogP) is 2.28. The minimum atomic E-state index is -3.81. The summed E-state index contributed by atoms with van der Waals surface area (Å²) in [6.45, 7) is 1.65. The van der Waals surface area contributed by atoms with Crippen LogP contribution in [0, 0.1) is 6.92 Å². The Balaban J connectivity index is 2.48. The van der Waals surface area contributed by atoms with Gasteiger partial charge in [-0.05, 0) is 31.2 Å². The third kappa shape index (κ3) is 3.90. The van der Waals surface area contributed by atoms with Gasteiger partial charge in [0.15, 0.2) is 0 Å².